The zero-order valence-electron chi connectivity index (χ0n) is 12.6. The van der Waals surface area contributed by atoms with E-state index in [2.05, 4.69) is 16.3 Å². The second-order valence-electron chi connectivity index (χ2n) is 6.32. The predicted octanol–water partition coefficient (Wildman–Crippen LogP) is 2.74. The summed E-state index contributed by atoms with van der Waals surface area (Å²) in [4.78, 5) is 14.8. The van der Waals surface area contributed by atoms with Gasteiger partial charge in [-0.05, 0) is 50.7 Å². The lowest BCUT2D eigenvalue weighted by Gasteiger charge is -2.30. The van der Waals surface area contributed by atoms with Gasteiger partial charge in [0.1, 0.15) is 0 Å². The Morgan fingerprint density at radius 1 is 1.14 bits per heavy atom. The van der Waals surface area contributed by atoms with Gasteiger partial charge in [0.2, 0.25) is 5.91 Å². The lowest BCUT2D eigenvalue weighted by Crippen LogP contribution is -2.31. The number of amides is 1. The number of rotatable bonds is 3. The molecule has 1 aliphatic carbocycles. The Bertz CT molecular complexity index is 497. The molecule has 0 aromatic heterocycles. The summed E-state index contributed by atoms with van der Waals surface area (Å²) in [7, 11) is 0. The molecule has 1 aromatic carbocycles. The first kappa shape index (κ1) is 14.4. The van der Waals surface area contributed by atoms with Crippen molar-refractivity contribution in [2.75, 3.05) is 23.3 Å². The predicted molar refractivity (Wildman–Crippen MR) is 86.5 cm³/mol. The molecule has 4 nitrogen and oxygen atoms in total. The third-order valence-corrected chi connectivity index (χ3v) is 4.70. The molecule has 4 heteroatoms. The van der Waals surface area contributed by atoms with Crippen molar-refractivity contribution >= 4 is 17.3 Å². The van der Waals surface area contributed by atoms with Gasteiger partial charge in [-0.1, -0.05) is 12.1 Å². The number of nitrogens with one attached hydrogen (secondary N) is 1. The van der Waals surface area contributed by atoms with E-state index in [1.165, 1.54) is 19.3 Å². The number of nitrogens with zero attached hydrogens (tertiary/aromatic N) is 1. The summed E-state index contributed by atoms with van der Waals surface area (Å²) < 4.78 is 0. The maximum atomic E-state index is 12.4. The fraction of sp³-hybridized carbons (Fsp3) is 0.588. The van der Waals surface area contributed by atoms with Crippen molar-refractivity contribution in [3.63, 3.8) is 0 Å². The van der Waals surface area contributed by atoms with E-state index in [1.807, 2.05) is 18.2 Å². The largest absolute Gasteiger partial charge is 0.370 e. The molecule has 1 saturated heterocycles. The third kappa shape index (κ3) is 3.38. The number of nitrogens with two attached hydrogens (primary N) is 1. The average Bonchev–Trinajstić information content (AvgIpc) is 2.95. The average molecular weight is 287 g/mol. The van der Waals surface area contributed by atoms with Crippen LogP contribution in [0.5, 0.6) is 0 Å². The van der Waals surface area contributed by atoms with Gasteiger partial charge in [0.15, 0.2) is 0 Å². The molecule has 3 rings (SSSR count). The van der Waals surface area contributed by atoms with Crippen molar-refractivity contribution in [2.24, 2.45) is 11.7 Å². The van der Waals surface area contributed by atoms with E-state index >= 15 is 0 Å². The molecule has 2 fully saturated rings. The number of hydrogen-bond donors (Lipinski definition) is 2. The smallest absolute Gasteiger partial charge is 0.227 e. The molecule has 21 heavy (non-hydrogen) atoms. The number of para-hydroxylation sites is 2. The molecular formula is C17H25N3O. The van der Waals surface area contributed by atoms with Gasteiger partial charge in [-0.25, -0.2) is 0 Å². The number of hydrogen-bond acceptors (Lipinski definition) is 3. The van der Waals surface area contributed by atoms with Crippen LogP contribution in [-0.2, 0) is 4.79 Å². The fourth-order valence-electron chi connectivity index (χ4n) is 3.48. The monoisotopic (exact) mass is 287 g/mol. The Labute approximate surface area is 126 Å². The molecule has 2 atom stereocenters. The maximum Gasteiger partial charge on any atom is 0.227 e. The summed E-state index contributed by atoms with van der Waals surface area (Å²) in [6.07, 6.45) is 6.48. The molecular weight excluding hydrogens is 262 g/mol. The van der Waals surface area contributed by atoms with Crippen LogP contribution in [-0.4, -0.2) is 25.0 Å². The normalized spacial score (nSPS) is 25.9. The van der Waals surface area contributed by atoms with Crippen LogP contribution in [0.2, 0.25) is 0 Å². The van der Waals surface area contributed by atoms with E-state index in [1.54, 1.807) is 0 Å². The number of carbonyl (C=O) groups is 1. The van der Waals surface area contributed by atoms with Crippen LogP contribution >= 0.6 is 0 Å². The lowest BCUT2D eigenvalue weighted by molar-refractivity contribution is -0.119. The van der Waals surface area contributed by atoms with Crippen molar-refractivity contribution in [2.45, 2.75) is 44.6 Å². The van der Waals surface area contributed by atoms with Crippen molar-refractivity contribution in [3.05, 3.63) is 24.3 Å². The number of piperidine rings is 1. The van der Waals surface area contributed by atoms with Gasteiger partial charge in [-0.15, -0.1) is 0 Å². The summed E-state index contributed by atoms with van der Waals surface area (Å²) in [5.41, 5.74) is 8.02. The highest BCUT2D eigenvalue weighted by molar-refractivity contribution is 5.96. The topological polar surface area (TPSA) is 58.4 Å². The zero-order chi connectivity index (χ0) is 14.7. The highest BCUT2D eigenvalue weighted by Crippen LogP contribution is 2.30. The first-order valence-corrected chi connectivity index (χ1v) is 8.14. The highest BCUT2D eigenvalue weighted by Gasteiger charge is 2.28. The Hall–Kier alpha value is -1.55. The zero-order valence-corrected chi connectivity index (χ0v) is 12.6. The van der Waals surface area contributed by atoms with Crippen LogP contribution in [0.3, 0.4) is 0 Å². The van der Waals surface area contributed by atoms with Crippen LogP contribution in [0.15, 0.2) is 24.3 Å². The van der Waals surface area contributed by atoms with E-state index in [-0.39, 0.29) is 17.9 Å². The van der Waals surface area contributed by atoms with Crippen LogP contribution in [0.4, 0.5) is 11.4 Å². The number of carbonyl (C=O) groups excluding carboxylic acids is 1. The van der Waals surface area contributed by atoms with Crippen LogP contribution < -0.4 is 16.0 Å². The summed E-state index contributed by atoms with van der Waals surface area (Å²) in [6, 6.07) is 8.35. The SMILES string of the molecule is NC1CCC(C(=O)Nc2ccccc2N2CCCCC2)C1. The van der Waals surface area contributed by atoms with Crippen LogP contribution in [0.25, 0.3) is 0 Å². The summed E-state index contributed by atoms with van der Waals surface area (Å²) >= 11 is 0. The molecule has 3 N–H and O–H groups in total. The first-order valence-electron chi connectivity index (χ1n) is 8.14. The van der Waals surface area contributed by atoms with Crippen LogP contribution in [0.1, 0.15) is 38.5 Å². The fourth-order valence-corrected chi connectivity index (χ4v) is 3.48. The summed E-state index contributed by atoms with van der Waals surface area (Å²) in [5.74, 6) is 0.210. The van der Waals surface area contributed by atoms with Crippen molar-refractivity contribution in [3.8, 4) is 0 Å². The van der Waals surface area contributed by atoms with Gasteiger partial charge in [0.05, 0.1) is 11.4 Å². The minimum Gasteiger partial charge on any atom is -0.370 e. The van der Waals surface area contributed by atoms with E-state index in [0.717, 1.165) is 43.7 Å². The molecule has 0 spiro atoms. The van der Waals surface area contributed by atoms with Crippen molar-refractivity contribution in [1.82, 2.24) is 0 Å². The lowest BCUT2D eigenvalue weighted by atomic mass is 10.1. The maximum absolute atomic E-state index is 12.4. The Kier molecular flexibility index (Phi) is 4.44. The van der Waals surface area contributed by atoms with Gasteiger partial charge in [-0.3, -0.25) is 4.79 Å². The van der Waals surface area contributed by atoms with Gasteiger partial charge in [0.25, 0.3) is 0 Å². The molecule has 1 aromatic rings. The Morgan fingerprint density at radius 2 is 1.90 bits per heavy atom. The molecule has 1 heterocycles. The molecule has 2 aliphatic rings. The Morgan fingerprint density at radius 3 is 2.62 bits per heavy atom. The quantitative estimate of drug-likeness (QED) is 0.898. The first-order chi connectivity index (χ1) is 10.2. The second kappa shape index (κ2) is 6.48. The molecule has 114 valence electrons. The molecule has 0 radical (unpaired) electrons. The second-order valence-corrected chi connectivity index (χ2v) is 6.32. The summed E-state index contributed by atoms with van der Waals surface area (Å²) in [6.45, 7) is 2.17. The molecule has 0 bridgehead atoms. The van der Waals surface area contributed by atoms with Gasteiger partial charge < -0.3 is 16.0 Å². The standard InChI is InChI=1S/C17H25N3O/c18-14-9-8-13(12-14)17(21)19-15-6-2-3-7-16(15)20-10-4-1-5-11-20/h2-3,6-7,13-14H,1,4-5,8-12,18H2,(H,19,21). The van der Waals surface area contributed by atoms with E-state index < -0.39 is 0 Å². The molecule has 2 unspecified atom stereocenters. The van der Waals surface area contributed by atoms with E-state index in [9.17, 15) is 4.79 Å². The summed E-state index contributed by atoms with van der Waals surface area (Å²) in [5, 5.41) is 3.13. The van der Waals surface area contributed by atoms with Gasteiger partial charge >= 0.3 is 0 Å². The Balaban J connectivity index is 1.71. The van der Waals surface area contributed by atoms with Gasteiger partial charge in [-0.2, -0.15) is 0 Å². The minimum absolute atomic E-state index is 0.0782. The van der Waals surface area contributed by atoms with E-state index in [0.29, 0.717) is 0 Å². The third-order valence-electron chi connectivity index (χ3n) is 4.70. The van der Waals surface area contributed by atoms with Crippen molar-refractivity contribution < 1.29 is 4.79 Å². The van der Waals surface area contributed by atoms with E-state index in [4.69, 9.17) is 5.73 Å². The molecule has 1 aliphatic heterocycles. The minimum atomic E-state index is 0.0782. The van der Waals surface area contributed by atoms with Crippen molar-refractivity contribution in [1.29, 1.82) is 0 Å². The number of anilines is 2. The van der Waals surface area contributed by atoms with Crippen LogP contribution in [0, 0.1) is 5.92 Å². The highest BCUT2D eigenvalue weighted by atomic mass is 16.1. The van der Waals surface area contributed by atoms with Gasteiger partial charge in [0, 0.05) is 25.0 Å². The molecule has 1 saturated carbocycles. The molecule has 1 amide bonds. The number of benzene rings is 1.